The van der Waals surface area contributed by atoms with Crippen LogP contribution in [0.15, 0.2) is 42.7 Å². The third-order valence-electron chi connectivity index (χ3n) is 3.94. The van der Waals surface area contributed by atoms with Crippen LogP contribution in [0.1, 0.15) is 17.2 Å². The van der Waals surface area contributed by atoms with E-state index in [1.807, 2.05) is 43.6 Å². The van der Waals surface area contributed by atoms with Crippen LogP contribution in [0.5, 0.6) is 0 Å². The fraction of sp³-hybridized carbons (Fsp3) is 0.353. The van der Waals surface area contributed by atoms with Crippen molar-refractivity contribution in [3.05, 3.63) is 53.9 Å². The Hall–Kier alpha value is -2.10. The van der Waals surface area contributed by atoms with Crippen molar-refractivity contribution in [2.45, 2.75) is 6.04 Å². The number of aromatic nitrogens is 2. The highest BCUT2D eigenvalue weighted by molar-refractivity contribution is 7.91. The molecule has 23 heavy (non-hydrogen) atoms. The molecule has 5 nitrogen and oxygen atoms in total. The van der Waals surface area contributed by atoms with Gasteiger partial charge in [0.25, 0.3) is 0 Å². The maximum Gasteiger partial charge on any atom is 0.153 e. The van der Waals surface area contributed by atoms with E-state index in [0.29, 0.717) is 13.1 Å². The molecule has 1 aliphatic rings. The van der Waals surface area contributed by atoms with Gasteiger partial charge in [-0.15, -0.1) is 0 Å². The monoisotopic (exact) mass is 329 g/mol. The molecule has 2 heterocycles. The maximum atomic E-state index is 12.0. The van der Waals surface area contributed by atoms with Gasteiger partial charge in [-0.3, -0.25) is 9.58 Å². The summed E-state index contributed by atoms with van der Waals surface area (Å²) in [5.74, 6) is 6.61. The first-order valence-corrected chi connectivity index (χ1v) is 9.32. The maximum absolute atomic E-state index is 12.0. The van der Waals surface area contributed by atoms with E-state index in [9.17, 15) is 8.42 Å². The standard InChI is InChI=1S/C17H19N3O2S/c1-19-13-16(12-18-19)17-14-23(21,22)11-10-20(17)9-5-8-15-6-3-2-4-7-15/h2-4,6-7,12-13,17H,9-11,14H2,1H3. The lowest BCUT2D eigenvalue weighted by atomic mass is 10.1. The van der Waals surface area contributed by atoms with Crippen molar-refractivity contribution in [3.8, 4) is 11.8 Å². The van der Waals surface area contributed by atoms with E-state index < -0.39 is 9.84 Å². The highest BCUT2D eigenvalue weighted by Crippen LogP contribution is 2.25. The summed E-state index contributed by atoms with van der Waals surface area (Å²) >= 11 is 0. The molecule has 1 unspecified atom stereocenters. The highest BCUT2D eigenvalue weighted by Gasteiger charge is 2.32. The van der Waals surface area contributed by atoms with Crippen molar-refractivity contribution >= 4 is 9.84 Å². The van der Waals surface area contributed by atoms with Crippen LogP contribution in [0.3, 0.4) is 0 Å². The zero-order valence-electron chi connectivity index (χ0n) is 13.0. The quantitative estimate of drug-likeness (QED) is 0.778. The molecule has 0 radical (unpaired) electrons. The van der Waals surface area contributed by atoms with Gasteiger partial charge in [0.1, 0.15) is 0 Å². The van der Waals surface area contributed by atoms with Crippen molar-refractivity contribution in [2.75, 3.05) is 24.6 Å². The van der Waals surface area contributed by atoms with E-state index in [0.717, 1.165) is 11.1 Å². The number of hydrogen-bond donors (Lipinski definition) is 0. The number of sulfone groups is 1. The predicted octanol–water partition coefficient (Wildman–Crippen LogP) is 1.24. The summed E-state index contributed by atoms with van der Waals surface area (Å²) in [4.78, 5) is 2.12. The third-order valence-corrected chi connectivity index (χ3v) is 5.57. The molecule has 3 rings (SSSR count). The lowest BCUT2D eigenvalue weighted by Gasteiger charge is -2.33. The summed E-state index contributed by atoms with van der Waals surface area (Å²) in [7, 11) is -1.17. The molecule has 6 heteroatoms. The molecule has 120 valence electrons. The average molecular weight is 329 g/mol. The first-order chi connectivity index (χ1) is 11.0. The summed E-state index contributed by atoms with van der Waals surface area (Å²) < 4.78 is 25.7. The summed E-state index contributed by atoms with van der Waals surface area (Å²) in [6, 6.07) is 9.62. The summed E-state index contributed by atoms with van der Waals surface area (Å²) in [6.07, 6.45) is 3.62. The van der Waals surface area contributed by atoms with Crippen molar-refractivity contribution in [2.24, 2.45) is 7.05 Å². The fourth-order valence-electron chi connectivity index (χ4n) is 2.71. The number of hydrogen-bond acceptors (Lipinski definition) is 4. The summed E-state index contributed by atoms with van der Waals surface area (Å²) in [5, 5.41) is 4.16. The Morgan fingerprint density at radius 3 is 2.78 bits per heavy atom. The summed E-state index contributed by atoms with van der Waals surface area (Å²) in [5.41, 5.74) is 1.90. The van der Waals surface area contributed by atoms with Crippen molar-refractivity contribution in [3.63, 3.8) is 0 Å². The molecule has 1 aromatic heterocycles. The van der Waals surface area contributed by atoms with Crippen LogP contribution in [0.2, 0.25) is 0 Å². The van der Waals surface area contributed by atoms with E-state index in [2.05, 4.69) is 21.8 Å². The van der Waals surface area contributed by atoms with E-state index >= 15 is 0 Å². The molecular formula is C17H19N3O2S. The molecule has 0 spiro atoms. The topological polar surface area (TPSA) is 55.2 Å². The molecule has 2 aromatic rings. The normalized spacial score (nSPS) is 20.7. The Bertz CT molecular complexity index is 831. The minimum Gasteiger partial charge on any atom is -0.283 e. The van der Waals surface area contributed by atoms with Crippen LogP contribution in [0.4, 0.5) is 0 Å². The molecule has 0 saturated carbocycles. The van der Waals surface area contributed by atoms with Crippen LogP contribution >= 0.6 is 0 Å². The Morgan fingerprint density at radius 2 is 2.09 bits per heavy atom. The van der Waals surface area contributed by atoms with Crippen LogP contribution < -0.4 is 0 Å². The van der Waals surface area contributed by atoms with Gasteiger partial charge in [0, 0.05) is 30.9 Å². The second-order valence-electron chi connectivity index (χ2n) is 5.72. The minimum atomic E-state index is -3.01. The first-order valence-electron chi connectivity index (χ1n) is 7.50. The van der Waals surface area contributed by atoms with E-state index in [4.69, 9.17) is 0 Å². The van der Waals surface area contributed by atoms with Gasteiger partial charge in [-0.1, -0.05) is 30.0 Å². The molecule has 0 aliphatic carbocycles. The number of rotatable bonds is 2. The average Bonchev–Trinajstić information content (AvgIpc) is 2.96. The summed E-state index contributed by atoms with van der Waals surface area (Å²) in [6.45, 7) is 1.05. The van der Waals surface area contributed by atoms with Crippen LogP contribution in [0.25, 0.3) is 0 Å². The fourth-order valence-corrected chi connectivity index (χ4v) is 4.28. The van der Waals surface area contributed by atoms with Crippen LogP contribution in [-0.4, -0.2) is 47.7 Å². The minimum absolute atomic E-state index is 0.131. The van der Waals surface area contributed by atoms with Crippen LogP contribution in [-0.2, 0) is 16.9 Å². The molecule has 0 amide bonds. The van der Waals surface area contributed by atoms with Gasteiger partial charge in [-0.25, -0.2) is 8.42 Å². The van der Waals surface area contributed by atoms with E-state index in [1.165, 1.54) is 0 Å². The Morgan fingerprint density at radius 1 is 1.30 bits per heavy atom. The number of benzene rings is 1. The smallest absolute Gasteiger partial charge is 0.153 e. The second kappa shape index (κ2) is 6.57. The number of nitrogens with zero attached hydrogens (tertiary/aromatic N) is 3. The van der Waals surface area contributed by atoms with Gasteiger partial charge in [0.15, 0.2) is 9.84 Å². The van der Waals surface area contributed by atoms with Crippen LogP contribution in [0, 0.1) is 11.8 Å². The molecule has 1 fully saturated rings. The van der Waals surface area contributed by atoms with Crippen molar-refractivity contribution < 1.29 is 8.42 Å². The SMILES string of the molecule is Cn1cc(C2CS(=O)(=O)CCN2CC#Cc2ccccc2)cn1. The lowest BCUT2D eigenvalue weighted by molar-refractivity contribution is 0.243. The zero-order chi connectivity index (χ0) is 16.3. The first kappa shape index (κ1) is 15.8. The largest absolute Gasteiger partial charge is 0.283 e. The van der Waals surface area contributed by atoms with E-state index in [1.54, 1.807) is 10.9 Å². The molecule has 1 atom stereocenters. The number of aryl methyl sites for hydroxylation is 1. The van der Waals surface area contributed by atoms with Gasteiger partial charge >= 0.3 is 0 Å². The molecule has 1 aromatic carbocycles. The van der Waals surface area contributed by atoms with Gasteiger partial charge in [-0.2, -0.15) is 5.10 Å². The molecule has 0 bridgehead atoms. The molecule has 1 saturated heterocycles. The molecule has 0 N–H and O–H groups in total. The van der Waals surface area contributed by atoms with Gasteiger partial charge in [0.2, 0.25) is 0 Å². The third kappa shape index (κ3) is 4.01. The van der Waals surface area contributed by atoms with Crippen molar-refractivity contribution in [1.82, 2.24) is 14.7 Å². The zero-order valence-corrected chi connectivity index (χ0v) is 13.8. The van der Waals surface area contributed by atoms with Crippen molar-refractivity contribution in [1.29, 1.82) is 0 Å². The highest BCUT2D eigenvalue weighted by atomic mass is 32.2. The van der Waals surface area contributed by atoms with Gasteiger partial charge in [0.05, 0.1) is 30.3 Å². The molecular weight excluding hydrogens is 310 g/mol. The Balaban J connectivity index is 1.78. The molecule has 1 aliphatic heterocycles. The Labute approximate surface area is 136 Å². The van der Waals surface area contributed by atoms with E-state index in [-0.39, 0.29) is 17.5 Å². The Kier molecular flexibility index (Phi) is 4.51. The van der Waals surface area contributed by atoms with Gasteiger partial charge in [-0.05, 0) is 12.1 Å². The second-order valence-corrected chi connectivity index (χ2v) is 7.94. The lowest BCUT2D eigenvalue weighted by Crippen LogP contribution is -2.43. The van der Waals surface area contributed by atoms with Gasteiger partial charge < -0.3 is 0 Å². The predicted molar refractivity (Wildman–Crippen MR) is 89.5 cm³/mol.